The molecule has 1 amide bonds. The zero-order valence-corrected chi connectivity index (χ0v) is 12.0. The summed E-state index contributed by atoms with van der Waals surface area (Å²) in [5, 5.41) is 9.12. The molecule has 0 aliphatic heterocycles. The summed E-state index contributed by atoms with van der Waals surface area (Å²) in [7, 11) is 1.81. The number of ether oxygens (including phenoxy) is 2. The van der Waals surface area contributed by atoms with Gasteiger partial charge in [-0.25, -0.2) is 0 Å². The molecule has 0 radical (unpaired) electrons. The van der Waals surface area contributed by atoms with E-state index in [1.807, 2.05) is 14.0 Å². The molecule has 1 aliphatic carbocycles. The molecule has 0 aromatic heterocycles. The highest BCUT2D eigenvalue weighted by Crippen LogP contribution is 2.29. The SMILES string of the molecule is CCOc1cc(CO)ccc1OCC(=O)N(C)C1CC1. The number of rotatable bonds is 7. The molecule has 0 unspecified atom stereocenters. The normalized spacial score (nSPS) is 13.9. The lowest BCUT2D eigenvalue weighted by Gasteiger charge is -2.17. The Morgan fingerprint density at radius 1 is 1.35 bits per heavy atom. The van der Waals surface area contributed by atoms with Crippen LogP contribution in [0.4, 0.5) is 0 Å². The summed E-state index contributed by atoms with van der Waals surface area (Å²) >= 11 is 0. The van der Waals surface area contributed by atoms with Gasteiger partial charge >= 0.3 is 0 Å². The van der Waals surface area contributed by atoms with Crippen molar-refractivity contribution in [3.63, 3.8) is 0 Å². The van der Waals surface area contributed by atoms with E-state index < -0.39 is 0 Å². The van der Waals surface area contributed by atoms with Gasteiger partial charge in [-0.1, -0.05) is 6.07 Å². The maximum absolute atomic E-state index is 11.9. The van der Waals surface area contributed by atoms with Crippen LogP contribution < -0.4 is 9.47 Å². The standard InChI is InChI=1S/C15H21NO4/c1-3-19-14-8-11(9-17)4-7-13(14)20-10-15(18)16(2)12-5-6-12/h4,7-8,12,17H,3,5-6,9-10H2,1-2H3. The van der Waals surface area contributed by atoms with Gasteiger partial charge in [0.05, 0.1) is 13.2 Å². The fraction of sp³-hybridized carbons (Fsp3) is 0.533. The Morgan fingerprint density at radius 2 is 2.10 bits per heavy atom. The zero-order chi connectivity index (χ0) is 14.5. The lowest BCUT2D eigenvalue weighted by Crippen LogP contribution is -2.33. The Morgan fingerprint density at radius 3 is 2.70 bits per heavy atom. The molecule has 0 saturated heterocycles. The lowest BCUT2D eigenvalue weighted by molar-refractivity contribution is -0.132. The third-order valence-corrected chi connectivity index (χ3v) is 3.33. The first-order valence-electron chi connectivity index (χ1n) is 6.90. The van der Waals surface area contributed by atoms with Gasteiger partial charge in [0.1, 0.15) is 0 Å². The molecular formula is C15H21NO4. The molecule has 1 aromatic carbocycles. The van der Waals surface area contributed by atoms with Crippen molar-refractivity contribution in [3.8, 4) is 11.5 Å². The molecule has 1 saturated carbocycles. The molecule has 0 heterocycles. The molecule has 1 N–H and O–H groups in total. The van der Waals surface area contributed by atoms with Gasteiger partial charge in [-0.15, -0.1) is 0 Å². The Kier molecular flexibility index (Phi) is 4.84. The first-order chi connectivity index (χ1) is 9.65. The highest BCUT2D eigenvalue weighted by Gasteiger charge is 2.29. The summed E-state index contributed by atoms with van der Waals surface area (Å²) < 4.78 is 11.0. The Balaban J connectivity index is 1.98. The van der Waals surface area contributed by atoms with Gasteiger partial charge in [0.15, 0.2) is 18.1 Å². The molecule has 110 valence electrons. The maximum Gasteiger partial charge on any atom is 0.260 e. The highest BCUT2D eigenvalue weighted by molar-refractivity contribution is 5.78. The Labute approximate surface area is 119 Å². The van der Waals surface area contributed by atoms with Crippen molar-refractivity contribution in [3.05, 3.63) is 23.8 Å². The zero-order valence-electron chi connectivity index (χ0n) is 12.0. The van der Waals surface area contributed by atoms with Crippen LogP contribution in [0, 0.1) is 0 Å². The Bertz CT molecular complexity index is 471. The number of carbonyl (C=O) groups excluding carboxylic acids is 1. The number of likely N-dealkylation sites (N-methyl/N-ethyl adjacent to an activating group) is 1. The second-order valence-corrected chi connectivity index (χ2v) is 4.90. The van der Waals surface area contributed by atoms with Gasteiger partial charge in [-0.2, -0.15) is 0 Å². The summed E-state index contributed by atoms with van der Waals surface area (Å²) in [6.45, 7) is 2.33. The average Bonchev–Trinajstić information content (AvgIpc) is 3.29. The second-order valence-electron chi connectivity index (χ2n) is 4.90. The van der Waals surface area contributed by atoms with Crippen LogP contribution >= 0.6 is 0 Å². The minimum Gasteiger partial charge on any atom is -0.490 e. The quantitative estimate of drug-likeness (QED) is 0.823. The molecule has 5 heteroatoms. The van der Waals surface area contributed by atoms with Crippen LogP contribution in [0.3, 0.4) is 0 Å². The maximum atomic E-state index is 11.9. The molecule has 2 rings (SSSR count). The predicted octanol–water partition coefficient (Wildman–Crippen LogP) is 1.58. The van der Waals surface area contributed by atoms with Gasteiger partial charge in [0, 0.05) is 13.1 Å². The van der Waals surface area contributed by atoms with Crippen molar-refractivity contribution in [1.29, 1.82) is 0 Å². The minimum absolute atomic E-state index is 0.00550. The molecule has 1 fully saturated rings. The van der Waals surface area contributed by atoms with E-state index in [4.69, 9.17) is 14.6 Å². The van der Waals surface area contributed by atoms with E-state index >= 15 is 0 Å². The monoisotopic (exact) mass is 279 g/mol. The second kappa shape index (κ2) is 6.61. The number of benzene rings is 1. The van der Waals surface area contributed by atoms with Crippen molar-refractivity contribution in [2.24, 2.45) is 0 Å². The smallest absolute Gasteiger partial charge is 0.260 e. The van der Waals surface area contributed by atoms with E-state index in [1.165, 1.54) is 0 Å². The van der Waals surface area contributed by atoms with Crippen LogP contribution in [0.2, 0.25) is 0 Å². The third kappa shape index (κ3) is 3.63. The number of aliphatic hydroxyl groups is 1. The van der Waals surface area contributed by atoms with E-state index in [2.05, 4.69) is 0 Å². The molecular weight excluding hydrogens is 258 g/mol. The molecule has 1 aliphatic rings. The van der Waals surface area contributed by atoms with Crippen molar-refractivity contribution in [2.75, 3.05) is 20.3 Å². The van der Waals surface area contributed by atoms with Crippen molar-refractivity contribution >= 4 is 5.91 Å². The van der Waals surface area contributed by atoms with E-state index in [0.29, 0.717) is 24.1 Å². The first-order valence-corrected chi connectivity index (χ1v) is 6.90. The topological polar surface area (TPSA) is 59.0 Å². The summed E-state index contributed by atoms with van der Waals surface area (Å²) in [5.74, 6) is 1.06. The number of hydrogen-bond donors (Lipinski definition) is 1. The van der Waals surface area contributed by atoms with Crippen molar-refractivity contribution < 1.29 is 19.4 Å². The number of carbonyl (C=O) groups is 1. The number of nitrogens with zero attached hydrogens (tertiary/aromatic N) is 1. The number of aliphatic hydroxyl groups excluding tert-OH is 1. The molecule has 20 heavy (non-hydrogen) atoms. The number of amides is 1. The molecule has 0 atom stereocenters. The molecule has 0 bridgehead atoms. The van der Waals surface area contributed by atoms with E-state index in [9.17, 15) is 4.79 Å². The molecule has 1 aromatic rings. The van der Waals surface area contributed by atoms with E-state index in [0.717, 1.165) is 18.4 Å². The molecule has 5 nitrogen and oxygen atoms in total. The summed E-state index contributed by atoms with van der Waals surface area (Å²) in [5.41, 5.74) is 0.752. The van der Waals surface area contributed by atoms with Crippen molar-refractivity contribution in [2.45, 2.75) is 32.4 Å². The summed E-state index contributed by atoms with van der Waals surface area (Å²) in [6.07, 6.45) is 2.16. The highest BCUT2D eigenvalue weighted by atomic mass is 16.5. The fourth-order valence-corrected chi connectivity index (χ4v) is 1.95. The van der Waals surface area contributed by atoms with Gasteiger partial charge in [0.25, 0.3) is 5.91 Å². The fourth-order valence-electron chi connectivity index (χ4n) is 1.95. The van der Waals surface area contributed by atoms with Crippen molar-refractivity contribution in [1.82, 2.24) is 4.90 Å². The minimum atomic E-state index is -0.0519. The van der Waals surface area contributed by atoms with Crippen LogP contribution in [0.5, 0.6) is 11.5 Å². The predicted molar refractivity (Wildman–Crippen MR) is 74.8 cm³/mol. The van der Waals surface area contributed by atoms with Gasteiger partial charge in [0.2, 0.25) is 0 Å². The van der Waals surface area contributed by atoms with Crippen LogP contribution in [0.15, 0.2) is 18.2 Å². The average molecular weight is 279 g/mol. The summed E-state index contributed by atoms with van der Waals surface area (Å²) in [4.78, 5) is 13.6. The van der Waals surface area contributed by atoms with Crippen LogP contribution in [0.1, 0.15) is 25.3 Å². The van der Waals surface area contributed by atoms with E-state index in [-0.39, 0.29) is 19.1 Å². The third-order valence-electron chi connectivity index (χ3n) is 3.33. The first kappa shape index (κ1) is 14.7. The van der Waals surface area contributed by atoms with E-state index in [1.54, 1.807) is 23.1 Å². The molecule has 0 spiro atoms. The van der Waals surface area contributed by atoms with Gasteiger partial charge in [-0.3, -0.25) is 4.79 Å². The van der Waals surface area contributed by atoms with Crippen LogP contribution in [-0.4, -0.2) is 42.2 Å². The largest absolute Gasteiger partial charge is 0.490 e. The van der Waals surface area contributed by atoms with Gasteiger partial charge in [-0.05, 0) is 37.5 Å². The lowest BCUT2D eigenvalue weighted by atomic mass is 10.2. The Hall–Kier alpha value is -1.75. The van der Waals surface area contributed by atoms with Gasteiger partial charge < -0.3 is 19.5 Å². The van der Waals surface area contributed by atoms with Crippen LogP contribution in [0.25, 0.3) is 0 Å². The summed E-state index contributed by atoms with van der Waals surface area (Å²) in [6, 6.07) is 5.59. The van der Waals surface area contributed by atoms with Crippen LogP contribution in [-0.2, 0) is 11.4 Å². The number of hydrogen-bond acceptors (Lipinski definition) is 4.